The Morgan fingerprint density at radius 2 is 1.84 bits per heavy atom. The molecule has 1 aromatic heterocycles. The van der Waals surface area contributed by atoms with E-state index in [1.54, 1.807) is 6.07 Å². The van der Waals surface area contributed by atoms with Crippen molar-refractivity contribution in [1.82, 2.24) is 4.72 Å². The van der Waals surface area contributed by atoms with Crippen LogP contribution < -0.4 is 4.72 Å². The summed E-state index contributed by atoms with van der Waals surface area (Å²) in [7, 11) is -3.64. The number of aliphatic hydroxyl groups is 1. The molecule has 6 heteroatoms. The lowest BCUT2D eigenvalue weighted by Crippen LogP contribution is -2.34. The van der Waals surface area contributed by atoms with E-state index in [0.717, 1.165) is 21.2 Å². The first-order chi connectivity index (χ1) is 11.9. The smallest absolute Gasteiger partial charge is 0.250 e. The van der Waals surface area contributed by atoms with Crippen LogP contribution in [-0.4, -0.2) is 26.2 Å². The zero-order valence-electron chi connectivity index (χ0n) is 14.1. The van der Waals surface area contributed by atoms with Gasteiger partial charge in [-0.15, -0.1) is 11.3 Å². The van der Waals surface area contributed by atoms with Crippen molar-refractivity contribution >= 4 is 31.4 Å². The van der Waals surface area contributed by atoms with Crippen molar-refractivity contribution in [3.63, 3.8) is 0 Å². The first kappa shape index (κ1) is 18.1. The second-order valence-electron chi connectivity index (χ2n) is 6.18. The van der Waals surface area contributed by atoms with Gasteiger partial charge < -0.3 is 5.11 Å². The highest BCUT2D eigenvalue weighted by Crippen LogP contribution is 2.31. The van der Waals surface area contributed by atoms with E-state index in [-0.39, 0.29) is 16.7 Å². The molecule has 0 aliphatic heterocycles. The third-order valence-corrected chi connectivity index (χ3v) is 7.55. The first-order valence-corrected chi connectivity index (χ1v) is 10.4. The molecule has 1 heterocycles. The second kappa shape index (κ2) is 7.25. The lowest BCUT2D eigenvalue weighted by Gasteiger charge is -2.19. The lowest BCUT2D eigenvalue weighted by atomic mass is 9.96. The minimum atomic E-state index is -3.64. The molecule has 0 spiro atoms. The molecule has 0 saturated carbocycles. The van der Waals surface area contributed by atoms with Gasteiger partial charge in [0.05, 0.1) is 6.10 Å². The molecule has 0 saturated heterocycles. The Morgan fingerprint density at radius 3 is 2.52 bits per heavy atom. The normalized spacial score (nSPS) is 14.5. The van der Waals surface area contributed by atoms with Crippen molar-refractivity contribution < 1.29 is 13.5 Å². The summed E-state index contributed by atoms with van der Waals surface area (Å²) >= 11 is 1.26. The zero-order chi connectivity index (χ0) is 18.0. The van der Waals surface area contributed by atoms with Gasteiger partial charge in [0.1, 0.15) is 4.21 Å². The molecule has 2 unspecified atom stereocenters. The average Bonchev–Trinajstić information content (AvgIpc) is 3.06. The van der Waals surface area contributed by atoms with Crippen LogP contribution in [0.3, 0.4) is 0 Å². The quantitative estimate of drug-likeness (QED) is 0.691. The summed E-state index contributed by atoms with van der Waals surface area (Å²) in [6.07, 6.45) is -0.798. The highest BCUT2D eigenvalue weighted by atomic mass is 32.2. The van der Waals surface area contributed by atoms with Gasteiger partial charge in [-0.25, -0.2) is 13.1 Å². The Balaban J connectivity index is 1.73. The number of hydrogen-bond donors (Lipinski definition) is 2. The summed E-state index contributed by atoms with van der Waals surface area (Å²) in [5.41, 5.74) is 2.04. The molecule has 4 nitrogen and oxygen atoms in total. The van der Waals surface area contributed by atoms with E-state index >= 15 is 0 Å². The predicted molar refractivity (Wildman–Crippen MR) is 103 cm³/mol. The van der Waals surface area contributed by atoms with Crippen LogP contribution >= 0.6 is 11.3 Å². The van der Waals surface area contributed by atoms with Crippen LogP contribution in [0.4, 0.5) is 0 Å². The van der Waals surface area contributed by atoms with E-state index in [1.807, 2.05) is 62.4 Å². The number of nitrogens with one attached hydrogen (secondary N) is 1. The summed E-state index contributed by atoms with van der Waals surface area (Å²) in [4.78, 5) is 0. The Kier molecular flexibility index (Phi) is 5.24. The van der Waals surface area contributed by atoms with Crippen molar-refractivity contribution in [3.8, 4) is 0 Å². The number of thiophene rings is 1. The number of aliphatic hydroxyl groups excluding tert-OH is 1. The van der Waals surface area contributed by atoms with Gasteiger partial charge in [0.15, 0.2) is 0 Å². The molecule has 0 aliphatic rings. The van der Waals surface area contributed by atoms with Crippen LogP contribution in [-0.2, 0) is 10.0 Å². The highest BCUT2D eigenvalue weighted by Gasteiger charge is 2.22. The molecule has 0 amide bonds. The average molecular weight is 376 g/mol. The van der Waals surface area contributed by atoms with Crippen molar-refractivity contribution in [2.75, 3.05) is 6.54 Å². The number of fused-ring (bicyclic) bond motifs is 1. The standard InChI is InChI=1S/C19H21NO3S2/c1-13-7-6-10-16-11-18(24-19(13)16)25(22,23)20-12-17(21)14(2)15-8-4-3-5-9-15/h3-11,14,17,20-21H,12H2,1-2H3. The number of sulfonamides is 1. The van der Waals surface area contributed by atoms with Gasteiger partial charge in [-0.2, -0.15) is 0 Å². The van der Waals surface area contributed by atoms with Gasteiger partial charge in [-0.05, 0) is 29.5 Å². The molecule has 0 radical (unpaired) electrons. The summed E-state index contributed by atoms with van der Waals surface area (Å²) in [5, 5.41) is 11.3. The van der Waals surface area contributed by atoms with Crippen LogP contribution in [0, 0.1) is 6.92 Å². The molecule has 2 N–H and O–H groups in total. The number of hydrogen-bond acceptors (Lipinski definition) is 4. The summed E-state index contributed by atoms with van der Waals surface area (Å²) in [6.45, 7) is 3.83. The van der Waals surface area contributed by atoms with Crippen molar-refractivity contribution in [1.29, 1.82) is 0 Å². The van der Waals surface area contributed by atoms with E-state index in [1.165, 1.54) is 11.3 Å². The molecular formula is C19H21NO3S2. The van der Waals surface area contributed by atoms with Crippen LogP contribution in [0.15, 0.2) is 58.8 Å². The first-order valence-electron chi connectivity index (χ1n) is 8.10. The van der Waals surface area contributed by atoms with Gasteiger partial charge in [-0.3, -0.25) is 0 Å². The van der Waals surface area contributed by atoms with Crippen molar-refractivity contribution in [3.05, 3.63) is 65.7 Å². The van der Waals surface area contributed by atoms with E-state index in [4.69, 9.17) is 0 Å². The van der Waals surface area contributed by atoms with E-state index in [9.17, 15) is 13.5 Å². The topological polar surface area (TPSA) is 66.4 Å². The molecule has 2 atom stereocenters. The molecule has 3 aromatic rings. The van der Waals surface area contributed by atoms with Gasteiger partial charge in [0.25, 0.3) is 0 Å². The zero-order valence-corrected chi connectivity index (χ0v) is 15.8. The van der Waals surface area contributed by atoms with Crippen LogP contribution in [0.25, 0.3) is 10.1 Å². The van der Waals surface area contributed by atoms with Crippen LogP contribution in [0.5, 0.6) is 0 Å². The molecule has 0 bridgehead atoms. The maximum absolute atomic E-state index is 12.6. The fraction of sp³-hybridized carbons (Fsp3) is 0.263. The van der Waals surface area contributed by atoms with E-state index in [0.29, 0.717) is 0 Å². The van der Waals surface area contributed by atoms with E-state index in [2.05, 4.69) is 4.72 Å². The monoisotopic (exact) mass is 375 g/mol. The van der Waals surface area contributed by atoms with Crippen LogP contribution in [0.2, 0.25) is 0 Å². The lowest BCUT2D eigenvalue weighted by molar-refractivity contribution is 0.153. The minimum absolute atomic E-state index is 0.0222. The Labute approximate surface area is 152 Å². The molecule has 2 aromatic carbocycles. The second-order valence-corrected chi connectivity index (χ2v) is 9.22. The highest BCUT2D eigenvalue weighted by molar-refractivity contribution is 7.91. The molecule has 132 valence electrons. The SMILES string of the molecule is Cc1cccc2cc(S(=O)(=O)NCC(O)C(C)c3ccccc3)sc12. The molecule has 3 rings (SSSR count). The largest absolute Gasteiger partial charge is 0.391 e. The third-order valence-electron chi connectivity index (χ3n) is 4.37. The molecular weight excluding hydrogens is 354 g/mol. The number of benzene rings is 2. The Hall–Kier alpha value is -1.73. The van der Waals surface area contributed by atoms with Gasteiger partial charge >= 0.3 is 0 Å². The summed E-state index contributed by atoms with van der Waals surface area (Å²) in [5.74, 6) is -0.159. The predicted octanol–water partition coefficient (Wildman–Crippen LogP) is 3.65. The Morgan fingerprint density at radius 1 is 1.12 bits per heavy atom. The summed E-state index contributed by atoms with van der Waals surface area (Å²) < 4.78 is 28.9. The number of aryl methyl sites for hydroxylation is 1. The fourth-order valence-corrected chi connectivity index (χ4v) is 5.28. The van der Waals surface area contributed by atoms with Crippen molar-refractivity contribution in [2.24, 2.45) is 0 Å². The summed E-state index contributed by atoms with van der Waals surface area (Å²) in [6, 6.07) is 17.0. The van der Waals surface area contributed by atoms with Crippen LogP contribution in [0.1, 0.15) is 24.0 Å². The molecule has 0 aliphatic carbocycles. The Bertz CT molecular complexity index is 965. The maximum atomic E-state index is 12.6. The minimum Gasteiger partial charge on any atom is -0.391 e. The third kappa shape index (κ3) is 3.93. The maximum Gasteiger partial charge on any atom is 0.250 e. The molecule has 0 fully saturated rings. The van der Waals surface area contributed by atoms with E-state index < -0.39 is 16.1 Å². The van der Waals surface area contributed by atoms with Crippen molar-refractivity contribution in [2.45, 2.75) is 30.1 Å². The van der Waals surface area contributed by atoms with Gasteiger partial charge in [0.2, 0.25) is 10.0 Å². The number of rotatable bonds is 6. The van der Waals surface area contributed by atoms with Gasteiger partial charge in [-0.1, -0.05) is 55.5 Å². The van der Waals surface area contributed by atoms with Gasteiger partial charge in [0, 0.05) is 17.2 Å². The fourth-order valence-electron chi connectivity index (χ4n) is 2.74. The molecule has 25 heavy (non-hydrogen) atoms.